The van der Waals surface area contributed by atoms with Crippen LogP contribution >= 0.6 is 0 Å². The summed E-state index contributed by atoms with van der Waals surface area (Å²) in [7, 11) is 1.95. The summed E-state index contributed by atoms with van der Waals surface area (Å²) in [5, 5.41) is 0. The summed E-state index contributed by atoms with van der Waals surface area (Å²) < 4.78 is 7.50. The third kappa shape index (κ3) is 3.23. The minimum absolute atomic E-state index is 0.721. The van der Waals surface area contributed by atoms with Crippen molar-refractivity contribution in [3.63, 3.8) is 0 Å². The van der Waals surface area contributed by atoms with Crippen LogP contribution in [0.15, 0.2) is 12.4 Å². The van der Waals surface area contributed by atoms with E-state index < -0.39 is 0 Å². The molecule has 1 aromatic rings. The Bertz CT molecular complexity index is 305. The van der Waals surface area contributed by atoms with Crippen LogP contribution in [-0.4, -0.2) is 40.7 Å². The first kappa shape index (κ1) is 11.5. The molecule has 0 aliphatic carbocycles. The highest BCUT2D eigenvalue weighted by Crippen LogP contribution is 2.09. The Morgan fingerprint density at radius 3 is 2.81 bits per heavy atom. The van der Waals surface area contributed by atoms with Crippen LogP contribution in [0.2, 0.25) is 0 Å². The molecule has 1 aliphatic rings. The van der Waals surface area contributed by atoms with Gasteiger partial charge in [0.25, 0.3) is 6.01 Å². The van der Waals surface area contributed by atoms with E-state index >= 15 is 0 Å². The maximum absolute atomic E-state index is 5.59. The van der Waals surface area contributed by atoms with E-state index in [1.54, 1.807) is 6.20 Å². The Labute approximate surface area is 97.2 Å². The van der Waals surface area contributed by atoms with Crippen LogP contribution in [0.25, 0.3) is 0 Å². The standard InChI is InChI=1S/C12H21N3O/c1-14-10-6-13-12(14)16-11-5-9-15-7-3-2-4-8-15/h6,10H,2-5,7-9,11H2,1H3. The maximum Gasteiger partial charge on any atom is 0.295 e. The number of aromatic nitrogens is 2. The monoisotopic (exact) mass is 223 g/mol. The normalized spacial score (nSPS) is 17.6. The van der Waals surface area contributed by atoms with Gasteiger partial charge in [-0.05, 0) is 32.4 Å². The van der Waals surface area contributed by atoms with Gasteiger partial charge in [-0.15, -0.1) is 0 Å². The highest BCUT2D eigenvalue weighted by molar-refractivity contribution is 4.96. The number of hydrogen-bond donors (Lipinski definition) is 0. The number of ether oxygens (including phenoxy) is 1. The minimum Gasteiger partial charge on any atom is -0.465 e. The van der Waals surface area contributed by atoms with E-state index in [-0.39, 0.29) is 0 Å². The van der Waals surface area contributed by atoms with Gasteiger partial charge < -0.3 is 14.2 Å². The Morgan fingerprint density at radius 2 is 2.12 bits per heavy atom. The molecule has 90 valence electrons. The molecule has 0 bridgehead atoms. The van der Waals surface area contributed by atoms with Gasteiger partial charge in [-0.3, -0.25) is 0 Å². The topological polar surface area (TPSA) is 30.3 Å². The fraction of sp³-hybridized carbons (Fsp3) is 0.750. The average molecular weight is 223 g/mol. The van der Waals surface area contributed by atoms with Gasteiger partial charge in [0.05, 0.1) is 6.61 Å². The largest absolute Gasteiger partial charge is 0.465 e. The second kappa shape index (κ2) is 5.89. The van der Waals surface area contributed by atoms with Crippen LogP contribution in [0.1, 0.15) is 25.7 Å². The van der Waals surface area contributed by atoms with E-state index in [1.807, 2.05) is 17.8 Å². The van der Waals surface area contributed by atoms with Crippen LogP contribution < -0.4 is 4.74 Å². The van der Waals surface area contributed by atoms with Crippen LogP contribution in [-0.2, 0) is 7.05 Å². The van der Waals surface area contributed by atoms with Gasteiger partial charge >= 0.3 is 0 Å². The highest BCUT2D eigenvalue weighted by Gasteiger charge is 2.09. The third-order valence-electron chi connectivity index (χ3n) is 3.08. The number of rotatable bonds is 5. The second-order valence-electron chi connectivity index (χ2n) is 4.43. The van der Waals surface area contributed by atoms with Crippen molar-refractivity contribution in [3.8, 4) is 6.01 Å². The van der Waals surface area contributed by atoms with Crippen molar-refractivity contribution in [1.82, 2.24) is 14.5 Å². The van der Waals surface area contributed by atoms with Crippen LogP contribution in [0.3, 0.4) is 0 Å². The number of piperidine rings is 1. The Hall–Kier alpha value is -1.03. The molecule has 1 fully saturated rings. The lowest BCUT2D eigenvalue weighted by atomic mass is 10.1. The van der Waals surface area contributed by atoms with Crippen molar-refractivity contribution in [3.05, 3.63) is 12.4 Å². The zero-order valence-electron chi connectivity index (χ0n) is 10.1. The zero-order valence-corrected chi connectivity index (χ0v) is 10.1. The minimum atomic E-state index is 0.721. The summed E-state index contributed by atoms with van der Waals surface area (Å²) in [6.45, 7) is 4.45. The molecule has 0 aromatic carbocycles. The summed E-state index contributed by atoms with van der Waals surface area (Å²) in [5.41, 5.74) is 0. The van der Waals surface area contributed by atoms with Crippen LogP contribution in [0, 0.1) is 0 Å². The van der Waals surface area contributed by atoms with Crippen molar-refractivity contribution in [2.75, 3.05) is 26.2 Å². The average Bonchev–Trinajstić information content (AvgIpc) is 2.72. The second-order valence-corrected chi connectivity index (χ2v) is 4.43. The van der Waals surface area contributed by atoms with E-state index in [9.17, 15) is 0 Å². The summed E-state index contributed by atoms with van der Waals surface area (Å²) in [5.74, 6) is 0. The van der Waals surface area contributed by atoms with Gasteiger partial charge in [-0.1, -0.05) is 6.42 Å². The van der Waals surface area contributed by atoms with E-state index in [4.69, 9.17) is 4.74 Å². The van der Waals surface area contributed by atoms with Gasteiger partial charge in [0.15, 0.2) is 0 Å². The van der Waals surface area contributed by atoms with Crippen molar-refractivity contribution < 1.29 is 4.74 Å². The van der Waals surface area contributed by atoms with E-state index in [2.05, 4.69) is 9.88 Å². The smallest absolute Gasteiger partial charge is 0.295 e. The maximum atomic E-state index is 5.59. The van der Waals surface area contributed by atoms with Gasteiger partial charge in [0, 0.05) is 26.0 Å². The first-order chi connectivity index (χ1) is 7.86. The van der Waals surface area contributed by atoms with Gasteiger partial charge in [-0.25, -0.2) is 4.98 Å². The molecule has 0 N–H and O–H groups in total. The molecule has 0 atom stereocenters. The third-order valence-corrected chi connectivity index (χ3v) is 3.08. The summed E-state index contributed by atoms with van der Waals surface area (Å²) in [6.07, 6.45) is 8.88. The molecule has 1 saturated heterocycles. The van der Waals surface area contributed by atoms with Gasteiger partial charge in [0.1, 0.15) is 0 Å². The first-order valence-electron chi connectivity index (χ1n) is 6.19. The molecule has 1 aliphatic heterocycles. The number of imidazole rings is 1. The van der Waals surface area contributed by atoms with Gasteiger partial charge in [0.2, 0.25) is 0 Å². The summed E-state index contributed by atoms with van der Waals surface area (Å²) in [4.78, 5) is 6.66. The molecule has 2 heterocycles. The lowest BCUT2D eigenvalue weighted by Crippen LogP contribution is -2.31. The van der Waals surface area contributed by atoms with Crippen LogP contribution in [0.5, 0.6) is 6.01 Å². The zero-order chi connectivity index (χ0) is 11.2. The SMILES string of the molecule is Cn1ccnc1OCCCN1CCCCC1. The number of hydrogen-bond acceptors (Lipinski definition) is 3. The number of likely N-dealkylation sites (tertiary alicyclic amines) is 1. The molecule has 0 spiro atoms. The molecule has 0 unspecified atom stereocenters. The summed E-state index contributed by atoms with van der Waals surface area (Å²) >= 11 is 0. The predicted molar refractivity (Wildman–Crippen MR) is 63.6 cm³/mol. The molecular formula is C12H21N3O. The van der Waals surface area contributed by atoms with E-state index in [0.717, 1.165) is 25.6 Å². The molecule has 0 radical (unpaired) electrons. The molecule has 4 heteroatoms. The fourth-order valence-corrected chi connectivity index (χ4v) is 2.13. The lowest BCUT2D eigenvalue weighted by molar-refractivity contribution is 0.199. The van der Waals surface area contributed by atoms with E-state index in [0.29, 0.717) is 0 Å². The van der Waals surface area contributed by atoms with Crippen molar-refractivity contribution in [2.24, 2.45) is 7.05 Å². The van der Waals surface area contributed by atoms with Gasteiger partial charge in [-0.2, -0.15) is 0 Å². The fourth-order valence-electron chi connectivity index (χ4n) is 2.13. The molecule has 1 aromatic heterocycles. The highest BCUT2D eigenvalue weighted by atomic mass is 16.5. The Kier molecular flexibility index (Phi) is 4.22. The van der Waals surface area contributed by atoms with E-state index in [1.165, 1.54) is 32.4 Å². The van der Waals surface area contributed by atoms with Crippen molar-refractivity contribution >= 4 is 0 Å². The number of aryl methyl sites for hydroxylation is 1. The first-order valence-corrected chi connectivity index (χ1v) is 6.19. The lowest BCUT2D eigenvalue weighted by Gasteiger charge is -2.26. The predicted octanol–water partition coefficient (Wildman–Crippen LogP) is 1.67. The number of nitrogens with zero attached hydrogens (tertiary/aromatic N) is 3. The molecular weight excluding hydrogens is 202 g/mol. The van der Waals surface area contributed by atoms with Crippen molar-refractivity contribution in [1.29, 1.82) is 0 Å². The quantitative estimate of drug-likeness (QED) is 0.711. The summed E-state index contributed by atoms with van der Waals surface area (Å²) in [6, 6.07) is 0.721. The molecule has 0 saturated carbocycles. The molecule has 4 nitrogen and oxygen atoms in total. The Morgan fingerprint density at radius 1 is 1.31 bits per heavy atom. The van der Waals surface area contributed by atoms with Crippen LogP contribution in [0.4, 0.5) is 0 Å². The molecule has 2 rings (SSSR count). The van der Waals surface area contributed by atoms with Crippen molar-refractivity contribution in [2.45, 2.75) is 25.7 Å². The molecule has 0 amide bonds. The molecule has 16 heavy (non-hydrogen) atoms. The Balaban J connectivity index is 1.59.